The largest absolute Gasteiger partial charge is 0.349 e. The molecule has 1 amide bonds. The molecule has 0 saturated heterocycles. The van der Waals surface area contributed by atoms with Crippen LogP contribution in [0.25, 0.3) is 0 Å². The first-order chi connectivity index (χ1) is 9.63. The monoisotopic (exact) mass is 275 g/mol. The summed E-state index contributed by atoms with van der Waals surface area (Å²) in [6.07, 6.45) is 6.66. The second-order valence-electron chi connectivity index (χ2n) is 6.45. The third kappa shape index (κ3) is 2.72. The third-order valence-electron chi connectivity index (χ3n) is 5.21. The van der Waals surface area contributed by atoms with Gasteiger partial charge in [0.15, 0.2) is 0 Å². The SMILES string of the molecule is CC(NC(=O)c1ccc(F)cc1)C1CC2CCC1CC2. The van der Waals surface area contributed by atoms with Crippen molar-refractivity contribution in [1.29, 1.82) is 0 Å². The number of benzene rings is 1. The summed E-state index contributed by atoms with van der Waals surface area (Å²) in [6.45, 7) is 2.12. The van der Waals surface area contributed by atoms with Crippen molar-refractivity contribution >= 4 is 5.91 Å². The lowest BCUT2D eigenvalue weighted by atomic mass is 9.63. The van der Waals surface area contributed by atoms with Crippen molar-refractivity contribution in [2.75, 3.05) is 0 Å². The topological polar surface area (TPSA) is 29.1 Å². The van der Waals surface area contributed by atoms with E-state index in [0.29, 0.717) is 11.5 Å². The minimum absolute atomic E-state index is 0.0843. The Hall–Kier alpha value is -1.38. The van der Waals surface area contributed by atoms with Gasteiger partial charge in [-0.2, -0.15) is 0 Å². The maximum Gasteiger partial charge on any atom is 0.251 e. The molecular weight excluding hydrogens is 253 g/mol. The number of halogens is 1. The maximum absolute atomic E-state index is 12.9. The fourth-order valence-corrected chi connectivity index (χ4v) is 4.04. The maximum atomic E-state index is 12.9. The molecule has 2 bridgehead atoms. The van der Waals surface area contributed by atoms with Crippen molar-refractivity contribution in [1.82, 2.24) is 5.32 Å². The molecule has 2 unspecified atom stereocenters. The molecular formula is C17H22FNO. The molecule has 20 heavy (non-hydrogen) atoms. The molecule has 3 aliphatic rings. The highest BCUT2D eigenvalue weighted by Crippen LogP contribution is 2.46. The summed E-state index contributed by atoms with van der Waals surface area (Å²) in [6, 6.07) is 5.97. The Morgan fingerprint density at radius 3 is 2.40 bits per heavy atom. The highest BCUT2D eigenvalue weighted by molar-refractivity contribution is 5.94. The van der Waals surface area contributed by atoms with Gasteiger partial charge in [0.2, 0.25) is 0 Å². The van der Waals surface area contributed by atoms with E-state index in [1.807, 2.05) is 0 Å². The standard InChI is InChI=1S/C17H22FNO/c1-11(16-10-12-2-4-13(16)5-3-12)19-17(20)14-6-8-15(18)9-7-14/h6-9,11-13,16H,2-5,10H2,1H3,(H,19,20). The van der Waals surface area contributed by atoms with Crippen molar-refractivity contribution < 1.29 is 9.18 Å². The van der Waals surface area contributed by atoms with Gasteiger partial charge in [0, 0.05) is 11.6 Å². The van der Waals surface area contributed by atoms with E-state index in [4.69, 9.17) is 0 Å². The van der Waals surface area contributed by atoms with Gasteiger partial charge in [0.1, 0.15) is 5.82 Å². The van der Waals surface area contributed by atoms with Crippen LogP contribution in [0, 0.1) is 23.6 Å². The number of nitrogens with one attached hydrogen (secondary N) is 1. The zero-order valence-corrected chi connectivity index (χ0v) is 11.9. The van der Waals surface area contributed by atoms with E-state index in [1.165, 1.54) is 44.2 Å². The van der Waals surface area contributed by atoms with Gasteiger partial charge in [-0.05, 0) is 68.2 Å². The Morgan fingerprint density at radius 2 is 1.85 bits per heavy atom. The fourth-order valence-electron chi connectivity index (χ4n) is 4.04. The van der Waals surface area contributed by atoms with Gasteiger partial charge in [-0.25, -0.2) is 4.39 Å². The molecule has 0 aliphatic heterocycles. The van der Waals surface area contributed by atoms with Crippen LogP contribution in [-0.2, 0) is 0 Å². The van der Waals surface area contributed by atoms with Gasteiger partial charge in [-0.3, -0.25) is 4.79 Å². The van der Waals surface area contributed by atoms with Gasteiger partial charge in [0.25, 0.3) is 5.91 Å². The van der Waals surface area contributed by atoms with Crippen molar-refractivity contribution in [2.45, 2.75) is 45.1 Å². The van der Waals surface area contributed by atoms with Crippen molar-refractivity contribution in [2.24, 2.45) is 17.8 Å². The summed E-state index contributed by atoms with van der Waals surface area (Å²) in [5.41, 5.74) is 0.541. The number of hydrogen-bond donors (Lipinski definition) is 1. The van der Waals surface area contributed by atoms with Gasteiger partial charge >= 0.3 is 0 Å². The number of rotatable bonds is 3. The Kier molecular flexibility index (Phi) is 3.77. The van der Waals surface area contributed by atoms with E-state index in [0.717, 1.165) is 11.8 Å². The first kappa shape index (κ1) is 13.6. The predicted octanol–water partition coefficient (Wildman–Crippen LogP) is 3.77. The first-order valence-corrected chi connectivity index (χ1v) is 7.70. The number of carbonyl (C=O) groups excluding carboxylic acids is 1. The average molecular weight is 275 g/mol. The molecule has 2 nitrogen and oxygen atoms in total. The second kappa shape index (κ2) is 5.55. The summed E-state index contributed by atoms with van der Waals surface area (Å²) in [5.74, 6) is 1.88. The van der Waals surface area contributed by atoms with Crippen LogP contribution in [0.2, 0.25) is 0 Å². The molecule has 2 atom stereocenters. The van der Waals surface area contributed by atoms with E-state index in [-0.39, 0.29) is 17.8 Å². The molecule has 3 saturated carbocycles. The van der Waals surface area contributed by atoms with E-state index in [1.54, 1.807) is 12.1 Å². The third-order valence-corrected chi connectivity index (χ3v) is 5.21. The summed E-state index contributed by atoms with van der Waals surface area (Å²) in [5, 5.41) is 3.11. The van der Waals surface area contributed by atoms with E-state index in [2.05, 4.69) is 12.2 Å². The quantitative estimate of drug-likeness (QED) is 0.894. The number of carbonyl (C=O) groups is 1. The minimum atomic E-state index is -0.306. The summed E-state index contributed by atoms with van der Waals surface area (Å²) in [7, 11) is 0. The van der Waals surface area contributed by atoms with E-state index in [9.17, 15) is 9.18 Å². The van der Waals surface area contributed by atoms with Crippen LogP contribution in [0.5, 0.6) is 0 Å². The van der Waals surface area contributed by atoms with Crippen molar-refractivity contribution in [3.8, 4) is 0 Å². The van der Waals surface area contributed by atoms with Crippen LogP contribution in [0.1, 0.15) is 49.4 Å². The first-order valence-electron chi connectivity index (χ1n) is 7.70. The molecule has 0 spiro atoms. The smallest absolute Gasteiger partial charge is 0.251 e. The summed E-state index contributed by atoms with van der Waals surface area (Å²) >= 11 is 0. The lowest BCUT2D eigenvalue weighted by Gasteiger charge is -2.45. The molecule has 4 rings (SSSR count). The molecule has 0 aromatic heterocycles. The van der Waals surface area contributed by atoms with Crippen LogP contribution < -0.4 is 5.32 Å². The highest BCUT2D eigenvalue weighted by Gasteiger charge is 2.38. The zero-order valence-electron chi connectivity index (χ0n) is 11.9. The number of amides is 1. The second-order valence-corrected chi connectivity index (χ2v) is 6.45. The van der Waals surface area contributed by atoms with E-state index < -0.39 is 0 Å². The number of hydrogen-bond acceptors (Lipinski definition) is 1. The normalized spacial score (nSPS) is 30.0. The molecule has 1 N–H and O–H groups in total. The van der Waals surface area contributed by atoms with E-state index >= 15 is 0 Å². The lowest BCUT2D eigenvalue weighted by molar-refractivity contribution is 0.0669. The van der Waals surface area contributed by atoms with Crippen LogP contribution in [-0.4, -0.2) is 11.9 Å². The van der Waals surface area contributed by atoms with Gasteiger partial charge < -0.3 is 5.32 Å². The minimum Gasteiger partial charge on any atom is -0.349 e. The van der Waals surface area contributed by atoms with Crippen LogP contribution in [0.3, 0.4) is 0 Å². The highest BCUT2D eigenvalue weighted by atomic mass is 19.1. The molecule has 3 aliphatic carbocycles. The van der Waals surface area contributed by atoms with Gasteiger partial charge in [-0.1, -0.05) is 12.8 Å². The van der Waals surface area contributed by atoms with Gasteiger partial charge in [0.05, 0.1) is 0 Å². The van der Waals surface area contributed by atoms with Crippen LogP contribution in [0.4, 0.5) is 4.39 Å². The Labute approximate surface area is 119 Å². The average Bonchev–Trinajstić information content (AvgIpc) is 2.49. The molecule has 0 radical (unpaired) electrons. The molecule has 3 fully saturated rings. The predicted molar refractivity (Wildman–Crippen MR) is 76.9 cm³/mol. The van der Waals surface area contributed by atoms with Gasteiger partial charge in [-0.15, -0.1) is 0 Å². The lowest BCUT2D eigenvalue weighted by Crippen LogP contribution is -2.45. The van der Waals surface area contributed by atoms with Crippen molar-refractivity contribution in [3.63, 3.8) is 0 Å². The zero-order chi connectivity index (χ0) is 14.1. The Balaban J connectivity index is 1.62. The van der Waals surface area contributed by atoms with Crippen LogP contribution >= 0.6 is 0 Å². The fraction of sp³-hybridized carbons (Fsp3) is 0.588. The molecule has 108 valence electrons. The Bertz CT molecular complexity index is 476. The molecule has 0 heterocycles. The summed E-state index contributed by atoms with van der Waals surface area (Å²) < 4.78 is 12.9. The number of fused-ring (bicyclic) bond motifs is 3. The summed E-state index contributed by atoms with van der Waals surface area (Å²) in [4.78, 5) is 12.2. The molecule has 1 aromatic rings. The van der Waals surface area contributed by atoms with Crippen molar-refractivity contribution in [3.05, 3.63) is 35.6 Å². The molecule has 3 heteroatoms. The Morgan fingerprint density at radius 1 is 1.20 bits per heavy atom. The molecule has 1 aromatic carbocycles. The van der Waals surface area contributed by atoms with Crippen LogP contribution in [0.15, 0.2) is 24.3 Å².